The molecule has 0 radical (unpaired) electrons. The van der Waals surface area contributed by atoms with Crippen molar-refractivity contribution in [1.82, 2.24) is 0 Å². The van der Waals surface area contributed by atoms with Crippen molar-refractivity contribution in [3.8, 4) is 40.1 Å². The highest BCUT2D eigenvalue weighted by atomic mass is 16.8. The van der Waals surface area contributed by atoms with Crippen LogP contribution in [0.3, 0.4) is 0 Å². The zero-order chi connectivity index (χ0) is 31.3. The van der Waals surface area contributed by atoms with Crippen LogP contribution in [0.1, 0.15) is 6.92 Å². The molecule has 2 aliphatic rings. The van der Waals surface area contributed by atoms with Crippen molar-refractivity contribution < 1.29 is 74.4 Å². The molecule has 0 amide bonds. The second-order valence-corrected chi connectivity index (χ2v) is 10.2. The molecule has 0 aliphatic carbocycles. The standard InChI is InChI=1S/C27H30O16/c1-8-17(33)20(36)22(38)26(39-8)43-25-21(37)18(34)15(7-28)41-27(25)42-24-19(35)16-13(32)5-10(29)6-14(16)40-23(24)9-2-3-11(30)12(31)4-9/h2-6,8,15,17-18,20-22,25-34,36-38H,7H2,1H3/t8-,15-,17+,18-,20-,21+,22-,25+,26+,27-/m0/s1. The van der Waals surface area contributed by atoms with Crippen molar-refractivity contribution in [2.75, 3.05) is 6.61 Å². The predicted molar refractivity (Wildman–Crippen MR) is 140 cm³/mol. The first kappa shape index (κ1) is 30.7. The quantitative estimate of drug-likeness (QED) is 0.140. The first-order chi connectivity index (χ1) is 20.3. The number of aromatic hydroxyl groups is 4. The summed E-state index contributed by atoms with van der Waals surface area (Å²) in [5.74, 6) is -3.40. The van der Waals surface area contributed by atoms with Gasteiger partial charge in [0.05, 0.1) is 12.7 Å². The van der Waals surface area contributed by atoms with E-state index in [1.165, 1.54) is 13.0 Å². The lowest BCUT2D eigenvalue weighted by molar-refractivity contribution is -0.354. The molecule has 10 N–H and O–H groups in total. The van der Waals surface area contributed by atoms with E-state index in [0.717, 1.165) is 24.3 Å². The molecule has 16 heteroatoms. The van der Waals surface area contributed by atoms with E-state index in [-0.39, 0.29) is 11.1 Å². The molecule has 234 valence electrons. The highest BCUT2D eigenvalue weighted by Crippen LogP contribution is 2.40. The molecule has 0 bridgehead atoms. The highest BCUT2D eigenvalue weighted by molar-refractivity contribution is 5.88. The topological polar surface area (TPSA) is 269 Å². The van der Waals surface area contributed by atoms with Gasteiger partial charge in [0.1, 0.15) is 59.1 Å². The Balaban J connectivity index is 1.62. The molecule has 16 nitrogen and oxygen atoms in total. The minimum atomic E-state index is -1.91. The van der Waals surface area contributed by atoms with Crippen LogP contribution in [0.5, 0.6) is 28.7 Å². The van der Waals surface area contributed by atoms with Gasteiger partial charge in [-0.15, -0.1) is 0 Å². The summed E-state index contributed by atoms with van der Waals surface area (Å²) < 4.78 is 28.3. The smallest absolute Gasteiger partial charge is 0.239 e. The number of hydrogen-bond donors (Lipinski definition) is 10. The van der Waals surface area contributed by atoms with E-state index in [9.17, 15) is 55.9 Å². The second-order valence-electron chi connectivity index (χ2n) is 10.2. The Bertz CT molecular complexity index is 1540. The summed E-state index contributed by atoms with van der Waals surface area (Å²) in [4.78, 5) is 13.7. The number of ether oxygens (including phenoxy) is 4. The molecule has 5 rings (SSSR count). The maximum Gasteiger partial charge on any atom is 0.239 e. The Kier molecular flexibility index (Phi) is 8.41. The number of aliphatic hydroxyl groups excluding tert-OH is 6. The van der Waals surface area contributed by atoms with Gasteiger partial charge in [-0.1, -0.05) is 0 Å². The van der Waals surface area contributed by atoms with Crippen molar-refractivity contribution in [2.24, 2.45) is 0 Å². The van der Waals surface area contributed by atoms with Gasteiger partial charge in [-0.25, -0.2) is 0 Å². The predicted octanol–water partition coefficient (Wildman–Crippen LogP) is -1.69. The lowest BCUT2D eigenvalue weighted by atomic mass is 9.97. The minimum Gasteiger partial charge on any atom is -0.508 e. The van der Waals surface area contributed by atoms with Crippen LogP contribution in [0.25, 0.3) is 22.3 Å². The zero-order valence-corrected chi connectivity index (χ0v) is 22.3. The van der Waals surface area contributed by atoms with Gasteiger partial charge >= 0.3 is 0 Å². The summed E-state index contributed by atoms with van der Waals surface area (Å²) in [6.45, 7) is 0.541. The van der Waals surface area contributed by atoms with Crippen molar-refractivity contribution >= 4 is 11.0 Å². The summed E-state index contributed by atoms with van der Waals surface area (Å²) in [5.41, 5.74) is -1.39. The zero-order valence-electron chi connectivity index (χ0n) is 22.3. The molecule has 2 fully saturated rings. The maximum atomic E-state index is 13.7. The fourth-order valence-electron chi connectivity index (χ4n) is 4.92. The first-order valence-corrected chi connectivity index (χ1v) is 13.0. The molecule has 0 unspecified atom stereocenters. The van der Waals surface area contributed by atoms with Gasteiger partial charge in [-0.3, -0.25) is 4.79 Å². The fraction of sp³-hybridized carbons (Fsp3) is 0.444. The normalized spacial score (nSPS) is 33.0. The molecular weight excluding hydrogens is 580 g/mol. The van der Waals surface area contributed by atoms with Crippen molar-refractivity contribution in [1.29, 1.82) is 0 Å². The van der Waals surface area contributed by atoms with Gasteiger partial charge in [0, 0.05) is 17.7 Å². The summed E-state index contributed by atoms with van der Waals surface area (Å²) in [6, 6.07) is 5.21. The number of phenolic OH excluding ortho intramolecular Hbond substituents is 4. The van der Waals surface area contributed by atoms with Gasteiger partial charge < -0.3 is 74.4 Å². The van der Waals surface area contributed by atoms with Crippen LogP contribution in [-0.2, 0) is 14.2 Å². The SMILES string of the molecule is C[C@@H]1O[C@H](O[C@H]2[C@H](Oc3c(-c4ccc(O)c(O)c4)oc4cc(O)cc(O)c4c3=O)O[C@@H](CO)[C@H](O)[C@H]2O)[C@@H](O)[C@@H](O)[C@@H]1O. The minimum absolute atomic E-state index is 0.0447. The Morgan fingerprint density at radius 3 is 2.19 bits per heavy atom. The van der Waals surface area contributed by atoms with E-state index < -0.39 is 113 Å². The highest BCUT2D eigenvalue weighted by Gasteiger charge is 2.51. The maximum absolute atomic E-state index is 13.7. The van der Waals surface area contributed by atoms with E-state index in [1.54, 1.807) is 0 Å². The van der Waals surface area contributed by atoms with Crippen LogP contribution in [0.4, 0.5) is 0 Å². The average molecular weight is 611 g/mol. The second kappa shape index (κ2) is 11.8. The van der Waals surface area contributed by atoms with Crippen LogP contribution < -0.4 is 10.2 Å². The molecule has 3 aromatic rings. The Labute approximate surface area is 241 Å². The summed E-state index contributed by atoms with van der Waals surface area (Å²) in [7, 11) is 0. The van der Waals surface area contributed by atoms with E-state index in [0.29, 0.717) is 0 Å². The van der Waals surface area contributed by atoms with Gasteiger partial charge in [0.25, 0.3) is 0 Å². The Morgan fingerprint density at radius 1 is 0.791 bits per heavy atom. The van der Waals surface area contributed by atoms with E-state index in [2.05, 4.69) is 0 Å². The third kappa shape index (κ3) is 5.55. The van der Waals surface area contributed by atoms with Gasteiger partial charge in [0.15, 0.2) is 29.7 Å². The van der Waals surface area contributed by atoms with Crippen LogP contribution in [0, 0.1) is 0 Å². The van der Waals surface area contributed by atoms with Crippen LogP contribution >= 0.6 is 0 Å². The Hall–Kier alpha value is -3.71. The van der Waals surface area contributed by atoms with E-state index in [4.69, 9.17) is 23.4 Å². The number of fused-ring (bicyclic) bond motifs is 1. The molecule has 2 saturated heterocycles. The van der Waals surface area contributed by atoms with Gasteiger partial charge in [0.2, 0.25) is 17.5 Å². The number of hydrogen-bond acceptors (Lipinski definition) is 16. The van der Waals surface area contributed by atoms with Crippen LogP contribution in [-0.4, -0.2) is 119 Å². The number of phenols is 4. The molecule has 2 aromatic carbocycles. The van der Waals surface area contributed by atoms with Gasteiger partial charge in [-0.05, 0) is 25.1 Å². The molecule has 0 spiro atoms. The van der Waals surface area contributed by atoms with Crippen molar-refractivity contribution in [2.45, 2.75) is 68.3 Å². The summed E-state index contributed by atoms with van der Waals surface area (Å²) in [5, 5.41) is 102. The molecule has 3 heterocycles. The largest absolute Gasteiger partial charge is 0.508 e. The number of benzene rings is 2. The van der Waals surface area contributed by atoms with Crippen molar-refractivity contribution in [3.63, 3.8) is 0 Å². The molecule has 1 aromatic heterocycles. The number of aliphatic hydroxyl groups is 6. The number of rotatable bonds is 6. The average Bonchev–Trinajstić information content (AvgIpc) is 2.96. The fourth-order valence-corrected chi connectivity index (χ4v) is 4.92. The van der Waals surface area contributed by atoms with E-state index >= 15 is 0 Å². The third-order valence-electron chi connectivity index (χ3n) is 7.31. The van der Waals surface area contributed by atoms with Crippen LogP contribution in [0.2, 0.25) is 0 Å². The van der Waals surface area contributed by atoms with E-state index in [1.807, 2.05) is 0 Å². The molecule has 2 aliphatic heterocycles. The van der Waals surface area contributed by atoms with Crippen molar-refractivity contribution in [3.05, 3.63) is 40.6 Å². The lowest BCUT2D eigenvalue weighted by Crippen LogP contribution is -2.64. The molecule has 0 saturated carbocycles. The monoisotopic (exact) mass is 610 g/mol. The molecule has 10 atom stereocenters. The first-order valence-electron chi connectivity index (χ1n) is 13.0. The van der Waals surface area contributed by atoms with Crippen LogP contribution in [0.15, 0.2) is 39.5 Å². The lowest BCUT2D eigenvalue weighted by Gasteiger charge is -2.45. The molecule has 43 heavy (non-hydrogen) atoms. The third-order valence-corrected chi connectivity index (χ3v) is 7.31. The molecular formula is C27H30O16. The Morgan fingerprint density at radius 2 is 1.51 bits per heavy atom. The summed E-state index contributed by atoms with van der Waals surface area (Å²) in [6.07, 6.45) is -16.7. The summed E-state index contributed by atoms with van der Waals surface area (Å²) >= 11 is 0. The van der Waals surface area contributed by atoms with Gasteiger partial charge in [-0.2, -0.15) is 0 Å².